The van der Waals surface area contributed by atoms with E-state index in [0.717, 1.165) is 24.3 Å². The molecule has 8 nitrogen and oxygen atoms in total. The number of carboxylic acid groups (broad SMARTS) is 1. The maximum Gasteiger partial charge on any atom is 0.307 e. The molecule has 0 spiro atoms. The zero-order chi connectivity index (χ0) is 28.1. The Balaban J connectivity index is 1.64. The lowest BCUT2D eigenvalue weighted by atomic mass is 9.98. The number of carboxylic acids is 1. The monoisotopic (exact) mass is 546 g/mol. The fraction of sp³-hybridized carbons (Fsp3) is 0.233. The van der Waals surface area contributed by atoms with E-state index in [-0.39, 0.29) is 18.2 Å². The average Bonchev–Trinajstić information content (AvgIpc) is 3.21. The number of anilines is 3. The van der Waals surface area contributed by atoms with Crippen molar-refractivity contribution < 1.29 is 19.5 Å². The summed E-state index contributed by atoms with van der Waals surface area (Å²) < 4.78 is 0. The van der Waals surface area contributed by atoms with Crippen LogP contribution in [0.15, 0.2) is 66.7 Å². The maximum atomic E-state index is 13.1. The molecule has 3 aromatic rings. The molecule has 0 aromatic heterocycles. The highest BCUT2D eigenvalue weighted by Crippen LogP contribution is 2.39. The van der Waals surface area contributed by atoms with Crippen LogP contribution in [-0.2, 0) is 20.8 Å². The average molecular weight is 547 g/mol. The highest BCUT2D eigenvalue weighted by Gasteiger charge is 2.28. The first-order valence-electron chi connectivity index (χ1n) is 12.6. The quantitative estimate of drug-likeness (QED) is 0.302. The molecule has 0 atom stereocenters. The van der Waals surface area contributed by atoms with Crippen molar-refractivity contribution in [1.29, 1.82) is 0 Å². The normalized spacial score (nSPS) is 13.6. The van der Waals surface area contributed by atoms with Gasteiger partial charge < -0.3 is 25.5 Å². The number of hydrogen-bond donors (Lipinski definition) is 3. The molecule has 2 amide bonds. The molecule has 1 aliphatic rings. The van der Waals surface area contributed by atoms with Gasteiger partial charge in [0.1, 0.15) is 0 Å². The van der Waals surface area contributed by atoms with Crippen molar-refractivity contribution in [3.8, 4) is 0 Å². The Kier molecular flexibility index (Phi) is 8.69. The van der Waals surface area contributed by atoms with Crippen molar-refractivity contribution in [2.75, 3.05) is 43.2 Å². The molecular weight excluding hydrogens is 516 g/mol. The van der Waals surface area contributed by atoms with Gasteiger partial charge in [0, 0.05) is 35.4 Å². The van der Waals surface area contributed by atoms with Gasteiger partial charge in [0.25, 0.3) is 5.91 Å². The summed E-state index contributed by atoms with van der Waals surface area (Å²) in [6.45, 7) is 0.847. The smallest absolute Gasteiger partial charge is 0.307 e. The van der Waals surface area contributed by atoms with Crippen molar-refractivity contribution in [2.45, 2.75) is 19.3 Å². The summed E-state index contributed by atoms with van der Waals surface area (Å²) >= 11 is 6.15. The highest BCUT2D eigenvalue weighted by molar-refractivity contribution is 6.38. The number of carbonyl (C=O) groups is 3. The van der Waals surface area contributed by atoms with Crippen LogP contribution in [0.1, 0.15) is 29.5 Å². The fourth-order valence-electron chi connectivity index (χ4n) is 4.41. The molecule has 0 bridgehead atoms. The number of halogens is 1. The molecule has 0 aliphatic carbocycles. The standard InChI is InChI=1S/C30H31ClN4O4/c1-34(2)16-4-5-26(36)35(3)23-13-11-22(12-14-23)32-29(20-8-6-19(7-9-20)17-27(37)38)28-24-15-10-21(31)18-25(24)33-30(28)39/h6-15,18,32H,4-5,16-17H2,1-3H3,(H,33,39)(H,37,38)/b29-28-. The van der Waals surface area contributed by atoms with Gasteiger partial charge in [-0.05, 0) is 74.6 Å². The number of nitrogens with one attached hydrogen (secondary N) is 2. The molecule has 0 radical (unpaired) electrons. The second kappa shape index (κ2) is 12.1. The lowest BCUT2D eigenvalue weighted by Crippen LogP contribution is -2.27. The number of amides is 2. The van der Waals surface area contributed by atoms with E-state index >= 15 is 0 Å². The van der Waals surface area contributed by atoms with Crippen molar-refractivity contribution in [2.24, 2.45) is 0 Å². The zero-order valence-electron chi connectivity index (χ0n) is 22.1. The Labute approximate surface area is 232 Å². The van der Waals surface area contributed by atoms with Crippen LogP contribution in [0.2, 0.25) is 5.02 Å². The van der Waals surface area contributed by atoms with Crippen LogP contribution in [0.3, 0.4) is 0 Å². The molecule has 202 valence electrons. The van der Waals surface area contributed by atoms with Gasteiger partial charge in [-0.1, -0.05) is 41.9 Å². The van der Waals surface area contributed by atoms with E-state index in [0.29, 0.717) is 45.1 Å². The molecule has 3 N–H and O–H groups in total. The van der Waals surface area contributed by atoms with Crippen LogP contribution in [0, 0.1) is 0 Å². The van der Waals surface area contributed by atoms with E-state index in [1.54, 1.807) is 54.4 Å². The molecule has 1 heterocycles. The summed E-state index contributed by atoms with van der Waals surface area (Å²) in [7, 11) is 5.73. The second-order valence-electron chi connectivity index (χ2n) is 9.69. The Morgan fingerprint density at radius 2 is 1.67 bits per heavy atom. The van der Waals surface area contributed by atoms with Crippen LogP contribution in [0.4, 0.5) is 17.1 Å². The van der Waals surface area contributed by atoms with Gasteiger partial charge in [-0.15, -0.1) is 0 Å². The van der Waals surface area contributed by atoms with E-state index in [9.17, 15) is 14.4 Å². The summed E-state index contributed by atoms with van der Waals surface area (Å²) in [5, 5.41) is 15.9. The predicted octanol–water partition coefficient (Wildman–Crippen LogP) is 5.20. The van der Waals surface area contributed by atoms with Gasteiger partial charge in [0.15, 0.2) is 0 Å². The van der Waals surface area contributed by atoms with Gasteiger partial charge in [0.05, 0.1) is 23.4 Å². The number of carbonyl (C=O) groups excluding carboxylic acids is 2. The summed E-state index contributed by atoms with van der Waals surface area (Å²) in [4.78, 5) is 40.6. The number of nitrogens with zero attached hydrogens (tertiary/aromatic N) is 2. The van der Waals surface area contributed by atoms with Crippen LogP contribution >= 0.6 is 11.6 Å². The molecule has 0 saturated carbocycles. The first kappa shape index (κ1) is 27.9. The predicted molar refractivity (Wildman–Crippen MR) is 156 cm³/mol. The Bertz CT molecular complexity index is 1420. The van der Waals surface area contributed by atoms with Crippen molar-refractivity contribution in [3.63, 3.8) is 0 Å². The molecular formula is C30H31ClN4O4. The number of aliphatic carboxylic acids is 1. The number of benzene rings is 3. The molecule has 4 rings (SSSR count). The fourth-order valence-corrected chi connectivity index (χ4v) is 4.58. The summed E-state index contributed by atoms with van der Waals surface area (Å²) in [5.41, 5.74) is 5.20. The van der Waals surface area contributed by atoms with Crippen molar-refractivity contribution in [1.82, 2.24) is 4.90 Å². The minimum atomic E-state index is -0.915. The van der Waals surface area contributed by atoms with Crippen molar-refractivity contribution >= 4 is 57.7 Å². The maximum absolute atomic E-state index is 13.1. The molecule has 9 heteroatoms. The Morgan fingerprint density at radius 1 is 0.974 bits per heavy atom. The lowest BCUT2D eigenvalue weighted by Gasteiger charge is -2.19. The van der Waals surface area contributed by atoms with E-state index < -0.39 is 5.97 Å². The van der Waals surface area contributed by atoms with Gasteiger partial charge in [-0.3, -0.25) is 14.4 Å². The van der Waals surface area contributed by atoms with Gasteiger partial charge in [-0.25, -0.2) is 0 Å². The van der Waals surface area contributed by atoms with Crippen LogP contribution in [0.5, 0.6) is 0 Å². The Hall–Kier alpha value is -4.14. The highest BCUT2D eigenvalue weighted by atomic mass is 35.5. The summed E-state index contributed by atoms with van der Waals surface area (Å²) in [5.74, 6) is -1.15. The van der Waals surface area contributed by atoms with Crippen LogP contribution in [0.25, 0.3) is 11.3 Å². The number of fused-ring (bicyclic) bond motifs is 1. The summed E-state index contributed by atoms with van der Waals surface area (Å²) in [6.07, 6.45) is 1.15. The van der Waals surface area contributed by atoms with Gasteiger partial charge in [-0.2, -0.15) is 0 Å². The minimum absolute atomic E-state index is 0.0414. The van der Waals surface area contributed by atoms with E-state index in [4.69, 9.17) is 16.7 Å². The van der Waals surface area contributed by atoms with Crippen LogP contribution < -0.4 is 15.5 Å². The lowest BCUT2D eigenvalue weighted by molar-refractivity contribution is -0.136. The molecule has 39 heavy (non-hydrogen) atoms. The van der Waals surface area contributed by atoms with E-state index in [1.165, 1.54) is 0 Å². The zero-order valence-corrected chi connectivity index (χ0v) is 22.9. The molecule has 0 fully saturated rings. The first-order chi connectivity index (χ1) is 18.6. The topological polar surface area (TPSA) is 102 Å². The minimum Gasteiger partial charge on any atom is -0.481 e. The van der Waals surface area contributed by atoms with E-state index in [2.05, 4.69) is 15.5 Å². The summed E-state index contributed by atoms with van der Waals surface area (Å²) in [6, 6.07) is 19.7. The van der Waals surface area contributed by atoms with E-state index in [1.807, 2.05) is 38.4 Å². The SMILES string of the molecule is CN(C)CCCC(=O)N(C)c1ccc(N/C(=C2\C(=O)Nc3cc(Cl)ccc32)c2ccc(CC(=O)O)cc2)cc1. The van der Waals surface area contributed by atoms with Gasteiger partial charge in [0.2, 0.25) is 5.91 Å². The third-order valence-electron chi connectivity index (χ3n) is 6.47. The third kappa shape index (κ3) is 6.85. The molecule has 1 aliphatic heterocycles. The largest absolute Gasteiger partial charge is 0.481 e. The number of hydrogen-bond acceptors (Lipinski definition) is 5. The van der Waals surface area contributed by atoms with Crippen molar-refractivity contribution in [3.05, 3.63) is 88.4 Å². The first-order valence-corrected chi connectivity index (χ1v) is 12.9. The van der Waals surface area contributed by atoms with Gasteiger partial charge >= 0.3 is 5.97 Å². The molecule has 3 aromatic carbocycles. The second-order valence-corrected chi connectivity index (χ2v) is 10.1. The number of rotatable bonds is 10. The molecule has 0 saturated heterocycles. The molecule has 0 unspecified atom stereocenters. The Morgan fingerprint density at radius 3 is 2.31 bits per heavy atom. The van der Waals surface area contributed by atoms with Crippen LogP contribution in [-0.4, -0.2) is 55.5 Å². The third-order valence-corrected chi connectivity index (χ3v) is 6.70.